The van der Waals surface area contributed by atoms with Crippen LogP contribution in [0.3, 0.4) is 0 Å². The van der Waals surface area contributed by atoms with Crippen LogP contribution >= 0.6 is 0 Å². The number of rotatable bonds is 2. The van der Waals surface area contributed by atoms with Gasteiger partial charge in [-0.05, 0) is 30.2 Å². The topological polar surface area (TPSA) is 59.2 Å². The number of hydrogen-bond acceptors (Lipinski definition) is 4. The summed E-state index contributed by atoms with van der Waals surface area (Å²) in [7, 11) is 0. The number of carbonyl (C=O) groups is 1. The molecule has 1 aromatic heterocycles. The summed E-state index contributed by atoms with van der Waals surface area (Å²) in [5, 5.41) is 3.91. The van der Waals surface area contributed by atoms with Gasteiger partial charge in [-0.3, -0.25) is 4.79 Å². The van der Waals surface area contributed by atoms with Crippen LogP contribution in [0.15, 0.2) is 53.1 Å². The lowest BCUT2D eigenvalue weighted by Crippen LogP contribution is -2.28. The number of nitrogens with zero attached hydrogens (tertiary/aromatic N) is 3. The predicted molar refractivity (Wildman–Crippen MR) is 86.3 cm³/mol. The van der Waals surface area contributed by atoms with Crippen LogP contribution in [0.1, 0.15) is 21.8 Å². The number of benzene rings is 2. The Morgan fingerprint density at radius 2 is 2.04 bits per heavy atom. The molecule has 0 atom stereocenters. The van der Waals surface area contributed by atoms with Gasteiger partial charge in [0.25, 0.3) is 5.91 Å². The van der Waals surface area contributed by atoms with E-state index in [0.717, 1.165) is 17.7 Å². The minimum absolute atomic E-state index is 0.00276. The van der Waals surface area contributed by atoms with Gasteiger partial charge in [-0.25, -0.2) is 0 Å². The van der Waals surface area contributed by atoms with Crippen molar-refractivity contribution in [2.75, 3.05) is 11.4 Å². The van der Waals surface area contributed by atoms with Crippen LogP contribution < -0.4 is 4.90 Å². The first kappa shape index (κ1) is 13.7. The molecule has 0 saturated heterocycles. The lowest BCUT2D eigenvalue weighted by Gasteiger charge is -2.17. The van der Waals surface area contributed by atoms with Gasteiger partial charge in [0.1, 0.15) is 0 Å². The standard InChI is InChI=1S/C18H15N3O2/c1-12-19-17(20-23-12)14-6-4-7-15(11-14)18(22)21-10-9-13-5-2-3-8-16(13)21/h2-8,11H,9-10H2,1H3. The van der Waals surface area contributed by atoms with Crippen molar-refractivity contribution in [2.45, 2.75) is 13.3 Å². The Morgan fingerprint density at radius 1 is 1.17 bits per heavy atom. The van der Waals surface area contributed by atoms with Crippen molar-refractivity contribution in [1.82, 2.24) is 10.1 Å². The van der Waals surface area contributed by atoms with Gasteiger partial charge in [0, 0.05) is 30.3 Å². The van der Waals surface area contributed by atoms with Gasteiger partial charge in [-0.15, -0.1) is 0 Å². The average molecular weight is 305 g/mol. The van der Waals surface area contributed by atoms with Gasteiger partial charge in [-0.2, -0.15) is 4.98 Å². The SMILES string of the molecule is Cc1nc(-c2cccc(C(=O)N3CCc4ccccc43)c2)no1. The Bertz CT molecular complexity index is 885. The summed E-state index contributed by atoms with van der Waals surface area (Å²) in [6, 6.07) is 15.4. The Labute approximate surface area is 133 Å². The van der Waals surface area contributed by atoms with Gasteiger partial charge in [-0.1, -0.05) is 35.5 Å². The Kier molecular flexibility index (Phi) is 3.19. The van der Waals surface area contributed by atoms with E-state index in [9.17, 15) is 4.79 Å². The maximum absolute atomic E-state index is 12.9. The van der Waals surface area contributed by atoms with Crippen molar-refractivity contribution in [2.24, 2.45) is 0 Å². The van der Waals surface area contributed by atoms with E-state index < -0.39 is 0 Å². The lowest BCUT2D eigenvalue weighted by molar-refractivity contribution is 0.0989. The monoisotopic (exact) mass is 305 g/mol. The number of para-hydroxylation sites is 1. The number of aryl methyl sites for hydroxylation is 1. The zero-order chi connectivity index (χ0) is 15.8. The van der Waals surface area contributed by atoms with E-state index in [1.807, 2.05) is 47.4 Å². The van der Waals surface area contributed by atoms with Gasteiger partial charge >= 0.3 is 0 Å². The molecule has 0 spiro atoms. The van der Waals surface area contributed by atoms with Gasteiger partial charge in [0.2, 0.25) is 11.7 Å². The maximum atomic E-state index is 12.9. The summed E-state index contributed by atoms with van der Waals surface area (Å²) < 4.78 is 5.01. The van der Waals surface area contributed by atoms with Crippen LogP contribution in [0.5, 0.6) is 0 Å². The van der Waals surface area contributed by atoms with Crippen LogP contribution in [0.25, 0.3) is 11.4 Å². The molecule has 5 nitrogen and oxygen atoms in total. The molecule has 0 bridgehead atoms. The number of fused-ring (bicyclic) bond motifs is 1. The van der Waals surface area contributed by atoms with Crippen LogP contribution in [-0.2, 0) is 6.42 Å². The largest absolute Gasteiger partial charge is 0.339 e. The summed E-state index contributed by atoms with van der Waals surface area (Å²) >= 11 is 0. The quantitative estimate of drug-likeness (QED) is 0.729. The van der Waals surface area contributed by atoms with Crippen molar-refractivity contribution < 1.29 is 9.32 Å². The molecule has 3 aromatic rings. The molecule has 5 heteroatoms. The molecule has 0 aliphatic carbocycles. The van der Waals surface area contributed by atoms with Crippen LogP contribution in [0.2, 0.25) is 0 Å². The first-order valence-electron chi connectivity index (χ1n) is 7.53. The Morgan fingerprint density at radius 3 is 2.87 bits per heavy atom. The van der Waals surface area contributed by atoms with Crippen molar-refractivity contribution in [1.29, 1.82) is 0 Å². The van der Waals surface area contributed by atoms with E-state index in [-0.39, 0.29) is 5.91 Å². The molecule has 114 valence electrons. The highest BCUT2D eigenvalue weighted by Gasteiger charge is 2.25. The van der Waals surface area contributed by atoms with Crippen LogP contribution in [-0.4, -0.2) is 22.6 Å². The summed E-state index contributed by atoms with van der Waals surface area (Å²) in [5.74, 6) is 1.00. The number of anilines is 1. The average Bonchev–Trinajstić information content (AvgIpc) is 3.20. The zero-order valence-corrected chi connectivity index (χ0v) is 12.7. The molecule has 4 rings (SSSR count). The highest BCUT2D eigenvalue weighted by Crippen LogP contribution is 2.29. The molecule has 2 heterocycles. The fourth-order valence-electron chi connectivity index (χ4n) is 2.91. The smallest absolute Gasteiger partial charge is 0.258 e. The van der Waals surface area contributed by atoms with Crippen molar-refractivity contribution in [3.8, 4) is 11.4 Å². The third kappa shape index (κ3) is 2.40. The van der Waals surface area contributed by atoms with E-state index in [4.69, 9.17) is 4.52 Å². The summed E-state index contributed by atoms with van der Waals surface area (Å²) in [4.78, 5) is 18.9. The first-order valence-corrected chi connectivity index (χ1v) is 7.53. The molecular weight excluding hydrogens is 290 g/mol. The second kappa shape index (κ2) is 5.35. The zero-order valence-electron chi connectivity index (χ0n) is 12.7. The highest BCUT2D eigenvalue weighted by molar-refractivity contribution is 6.07. The van der Waals surface area contributed by atoms with E-state index in [1.54, 1.807) is 6.92 Å². The van der Waals surface area contributed by atoms with E-state index in [1.165, 1.54) is 5.56 Å². The van der Waals surface area contributed by atoms with E-state index in [2.05, 4.69) is 16.2 Å². The molecule has 23 heavy (non-hydrogen) atoms. The van der Waals surface area contributed by atoms with Gasteiger partial charge in [0.15, 0.2) is 0 Å². The third-order valence-electron chi connectivity index (χ3n) is 4.03. The number of hydrogen-bond donors (Lipinski definition) is 0. The molecular formula is C18H15N3O2. The molecule has 1 aliphatic rings. The Hall–Kier alpha value is -2.95. The first-order chi connectivity index (χ1) is 11.2. The van der Waals surface area contributed by atoms with Gasteiger partial charge in [0.05, 0.1) is 0 Å². The third-order valence-corrected chi connectivity index (χ3v) is 4.03. The van der Waals surface area contributed by atoms with E-state index >= 15 is 0 Å². The molecule has 0 unspecified atom stereocenters. The van der Waals surface area contributed by atoms with Crippen molar-refractivity contribution >= 4 is 11.6 Å². The summed E-state index contributed by atoms with van der Waals surface area (Å²) in [6.07, 6.45) is 0.894. The molecule has 0 radical (unpaired) electrons. The van der Waals surface area contributed by atoms with Crippen molar-refractivity contribution in [3.63, 3.8) is 0 Å². The number of carbonyl (C=O) groups excluding carboxylic acids is 1. The molecule has 2 aromatic carbocycles. The number of amides is 1. The van der Waals surface area contributed by atoms with Crippen LogP contribution in [0, 0.1) is 6.92 Å². The summed E-state index contributed by atoms with van der Waals surface area (Å²) in [6.45, 7) is 2.45. The van der Waals surface area contributed by atoms with Crippen LogP contribution in [0.4, 0.5) is 5.69 Å². The minimum atomic E-state index is -0.00276. The molecule has 0 saturated carbocycles. The van der Waals surface area contributed by atoms with Crippen molar-refractivity contribution in [3.05, 3.63) is 65.5 Å². The molecule has 1 aliphatic heterocycles. The Balaban J connectivity index is 1.68. The highest BCUT2D eigenvalue weighted by atomic mass is 16.5. The second-order valence-corrected chi connectivity index (χ2v) is 5.55. The van der Waals surface area contributed by atoms with Gasteiger partial charge < -0.3 is 9.42 Å². The summed E-state index contributed by atoms with van der Waals surface area (Å²) in [5.41, 5.74) is 3.62. The fraction of sp³-hybridized carbons (Fsp3) is 0.167. The second-order valence-electron chi connectivity index (χ2n) is 5.55. The number of aromatic nitrogens is 2. The van der Waals surface area contributed by atoms with E-state index in [0.29, 0.717) is 23.8 Å². The maximum Gasteiger partial charge on any atom is 0.258 e. The fourth-order valence-corrected chi connectivity index (χ4v) is 2.91. The normalized spacial score (nSPS) is 13.2. The predicted octanol–water partition coefficient (Wildman–Crippen LogP) is 3.25. The minimum Gasteiger partial charge on any atom is -0.339 e. The molecule has 1 amide bonds. The lowest BCUT2D eigenvalue weighted by atomic mass is 10.1. The molecule has 0 fully saturated rings. The molecule has 0 N–H and O–H groups in total.